The number of aromatic carboxylic acids is 1. The number of carbonyl (C=O) groups is 2. The molecule has 20 heavy (non-hydrogen) atoms. The number of pyridine rings is 1. The highest BCUT2D eigenvalue weighted by Gasteiger charge is 2.20. The predicted octanol–water partition coefficient (Wildman–Crippen LogP) is 1.49. The van der Waals surface area contributed by atoms with E-state index >= 15 is 0 Å². The van der Waals surface area contributed by atoms with Crippen LogP contribution in [0.4, 0.5) is 5.13 Å². The van der Waals surface area contributed by atoms with Crippen molar-refractivity contribution in [2.75, 3.05) is 19.0 Å². The van der Waals surface area contributed by atoms with Gasteiger partial charge in [0.1, 0.15) is 17.2 Å². The number of nitrogens with zero attached hydrogens (tertiary/aromatic N) is 2. The van der Waals surface area contributed by atoms with Crippen molar-refractivity contribution in [2.24, 2.45) is 0 Å². The maximum absolute atomic E-state index is 11.4. The molecule has 0 saturated heterocycles. The van der Waals surface area contributed by atoms with Gasteiger partial charge in [0.25, 0.3) is 5.91 Å². The van der Waals surface area contributed by atoms with E-state index in [9.17, 15) is 14.7 Å². The van der Waals surface area contributed by atoms with Crippen LogP contribution in [0.2, 0.25) is 0 Å². The number of amides is 1. The first kappa shape index (κ1) is 14.1. The normalized spacial score (nSPS) is 10.2. The van der Waals surface area contributed by atoms with Gasteiger partial charge in [0.15, 0.2) is 5.13 Å². The summed E-state index contributed by atoms with van der Waals surface area (Å²) < 4.78 is 4.68. The Bertz CT molecular complexity index is 627. The van der Waals surface area contributed by atoms with Crippen molar-refractivity contribution in [3.63, 3.8) is 0 Å². The highest BCUT2D eigenvalue weighted by Crippen LogP contribution is 2.29. The zero-order valence-electron chi connectivity index (χ0n) is 10.5. The summed E-state index contributed by atoms with van der Waals surface area (Å²) in [4.78, 5) is 30.8. The number of carbonyl (C=O) groups excluding carboxylic acids is 1. The van der Waals surface area contributed by atoms with Gasteiger partial charge in [0.05, 0.1) is 5.69 Å². The van der Waals surface area contributed by atoms with Gasteiger partial charge in [-0.25, -0.2) is 9.78 Å². The van der Waals surface area contributed by atoms with Crippen molar-refractivity contribution in [2.45, 2.75) is 0 Å². The van der Waals surface area contributed by atoms with Crippen molar-refractivity contribution < 1.29 is 19.4 Å². The number of ether oxygens (including phenoxy) is 1. The van der Waals surface area contributed by atoms with Crippen LogP contribution in [0, 0.1) is 0 Å². The average Bonchev–Trinajstić information content (AvgIpc) is 2.84. The molecule has 1 amide bonds. The fourth-order valence-electron chi connectivity index (χ4n) is 1.48. The van der Waals surface area contributed by atoms with Gasteiger partial charge in [-0.15, -0.1) is 0 Å². The maximum Gasteiger partial charge on any atom is 0.348 e. The molecule has 0 saturated carbocycles. The quantitative estimate of drug-likeness (QED) is 0.866. The Labute approximate surface area is 118 Å². The molecule has 2 heterocycles. The van der Waals surface area contributed by atoms with Crippen molar-refractivity contribution in [3.05, 3.63) is 29.3 Å². The Morgan fingerprint density at radius 1 is 1.45 bits per heavy atom. The van der Waals surface area contributed by atoms with Gasteiger partial charge in [0, 0.05) is 13.3 Å². The fourth-order valence-corrected chi connectivity index (χ4v) is 2.31. The Kier molecular flexibility index (Phi) is 4.38. The Morgan fingerprint density at radius 2 is 2.25 bits per heavy atom. The van der Waals surface area contributed by atoms with Crippen molar-refractivity contribution in [3.8, 4) is 11.4 Å². The fraction of sp³-hybridized carbons (Fsp3) is 0.167. The zero-order valence-corrected chi connectivity index (χ0v) is 11.3. The van der Waals surface area contributed by atoms with E-state index in [4.69, 9.17) is 0 Å². The number of anilines is 1. The molecule has 0 spiro atoms. The van der Waals surface area contributed by atoms with Gasteiger partial charge in [-0.1, -0.05) is 17.4 Å². The minimum Gasteiger partial charge on any atom is -0.477 e. The number of hydrogen-bond acceptors (Lipinski definition) is 6. The SMILES string of the molecule is COCC(=O)Nc1nc(-c2ccccn2)c(C(=O)O)s1. The molecule has 0 radical (unpaired) electrons. The highest BCUT2D eigenvalue weighted by atomic mass is 32.1. The molecule has 2 aromatic rings. The lowest BCUT2D eigenvalue weighted by molar-refractivity contribution is -0.119. The second-order valence-electron chi connectivity index (χ2n) is 3.70. The van der Waals surface area contributed by atoms with Crippen LogP contribution in [0.25, 0.3) is 11.4 Å². The van der Waals surface area contributed by atoms with Gasteiger partial charge in [-0.2, -0.15) is 0 Å². The minimum absolute atomic E-state index is 0.0245. The average molecular weight is 293 g/mol. The summed E-state index contributed by atoms with van der Waals surface area (Å²) in [6, 6.07) is 5.11. The number of aromatic nitrogens is 2. The number of hydrogen-bond donors (Lipinski definition) is 2. The second kappa shape index (κ2) is 6.22. The number of rotatable bonds is 5. The minimum atomic E-state index is -1.12. The number of thiazole rings is 1. The van der Waals surface area contributed by atoms with Crippen molar-refractivity contribution >= 4 is 28.3 Å². The van der Waals surface area contributed by atoms with Crippen LogP contribution in [0.5, 0.6) is 0 Å². The predicted molar refractivity (Wildman–Crippen MR) is 72.8 cm³/mol. The van der Waals surface area contributed by atoms with E-state index in [0.29, 0.717) is 5.69 Å². The Morgan fingerprint density at radius 3 is 2.85 bits per heavy atom. The zero-order chi connectivity index (χ0) is 14.5. The van der Waals surface area contributed by atoms with E-state index in [1.54, 1.807) is 24.4 Å². The van der Waals surface area contributed by atoms with E-state index in [-0.39, 0.29) is 22.3 Å². The van der Waals surface area contributed by atoms with E-state index in [2.05, 4.69) is 20.0 Å². The van der Waals surface area contributed by atoms with Crippen molar-refractivity contribution in [1.82, 2.24) is 9.97 Å². The van der Waals surface area contributed by atoms with Gasteiger partial charge >= 0.3 is 5.97 Å². The molecule has 0 atom stereocenters. The molecule has 2 aromatic heterocycles. The maximum atomic E-state index is 11.4. The molecule has 0 aromatic carbocycles. The van der Waals surface area contributed by atoms with Gasteiger partial charge < -0.3 is 9.84 Å². The Balaban J connectivity index is 2.34. The number of nitrogens with one attached hydrogen (secondary N) is 1. The highest BCUT2D eigenvalue weighted by molar-refractivity contribution is 7.18. The first-order chi connectivity index (χ1) is 9.61. The van der Waals surface area contributed by atoms with Crippen LogP contribution in [-0.4, -0.2) is 40.7 Å². The summed E-state index contributed by atoms with van der Waals surface area (Å²) in [5, 5.41) is 11.9. The summed E-state index contributed by atoms with van der Waals surface area (Å²) in [6.07, 6.45) is 1.55. The van der Waals surface area contributed by atoms with Crippen LogP contribution < -0.4 is 5.32 Å². The third kappa shape index (κ3) is 3.16. The molecule has 7 nitrogen and oxygen atoms in total. The lowest BCUT2D eigenvalue weighted by atomic mass is 10.2. The van der Waals surface area contributed by atoms with E-state index in [0.717, 1.165) is 11.3 Å². The number of carboxylic acid groups (broad SMARTS) is 1. The van der Waals surface area contributed by atoms with Crippen LogP contribution >= 0.6 is 11.3 Å². The van der Waals surface area contributed by atoms with Crippen LogP contribution in [0.3, 0.4) is 0 Å². The molecular formula is C12H11N3O4S. The number of carboxylic acids is 1. The lowest BCUT2D eigenvalue weighted by Crippen LogP contribution is -2.16. The second-order valence-corrected chi connectivity index (χ2v) is 4.70. The summed E-state index contributed by atoms with van der Waals surface area (Å²) in [7, 11) is 1.39. The summed E-state index contributed by atoms with van der Waals surface area (Å²) in [6.45, 7) is -0.124. The topological polar surface area (TPSA) is 101 Å². The molecule has 0 aliphatic heterocycles. The van der Waals surface area contributed by atoms with E-state index in [1.807, 2.05) is 0 Å². The van der Waals surface area contributed by atoms with E-state index in [1.165, 1.54) is 7.11 Å². The van der Waals surface area contributed by atoms with E-state index < -0.39 is 11.9 Å². The molecule has 0 bridgehead atoms. The first-order valence-corrected chi connectivity index (χ1v) is 6.37. The largest absolute Gasteiger partial charge is 0.477 e. The van der Waals surface area contributed by atoms with Crippen LogP contribution in [0.15, 0.2) is 24.4 Å². The molecule has 0 aliphatic rings. The molecule has 104 valence electrons. The molecule has 0 aliphatic carbocycles. The first-order valence-electron chi connectivity index (χ1n) is 5.56. The molecule has 8 heteroatoms. The molecular weight excluding hydrogens is 282 g/mol. The molecule has 0 fully saturated rings. The Hall–Kier alpha value is -2.32. The summed E-state index contributed by atoms with van der Waals surface area (Å²) in [5.74, 6) is -1.51. The van der Waals surface area contributed by atoms with Crippen molar-refractivity contribution in [1.29, 1.82) is 0 Å². The van der Waals surface area contributed by atoms with Crippen LogP contribution in [-0.2, 0) is 9.53 Å². The third-order valence-corrected chi connectivity index (χ3v) is 3.21. The van der Waals surface area contributed by atoms with Gasteiger partial charge in [0.2, 0.25) is 0 Å². The standard InChI is InChI=1S/C12H11N3O4S/c1-19-6-8(16)14-12-15-9(10(20-12)11(17)18)7-4-2-3-5-13-7/h2-5H,6H2,1H3,(H,17,18)(H,14,15,16). The molecule has 2 rings (SSSR count). The molecule has 2 N–H and O–H groups in total. The van der Waals surface area contributed by atoms with Crippen LogP contribution in [0.1, 0.15) is 9.67 Å². The third-order valence-electron chi connectivity index (χ3n) is 2.25. The summed E-state index contributed by atoms with van der Waals surface area (Å²) >= 11 is 0.878. The number of methoxy groups -OCH3 is 1. The summed E-state index contributed by atoms with van der Waals surface area (Å²) in [5.41, 5.74) is 0.671. The lowest BCUT2D eigenvalue weighted by Gasteiger charge is -1.98. The van der Waals surface area contributed by atoms with Gasteiger partial charge in [-0.3, -0.25) is 15.1 Å². The smallest absolute Gasteiger partial charge is 0.348 e. The monoisotopic (exact) mass is 293 g/mol. The van der Waals surface area contributed by atoms with Gasteiger partial charge in [-0.05, 0) is 12.1 Å². The molecule has 0 unspecified atom stereocenters.